The van der Waals surface area contributed by atoms with Crippen LogP contribution < -0.4 is 10.6 Å². The fraction of sp³-hybridized carbons (Fsp3) is 0.455. The van der Waals surface area contributed by atoms with Crippen molar-refractivity contribution in [1.82, 2.24) is 15.6 Å². The molecule has 1 rings (SSSR count). The van der Waals surface area contributed by atoms with Crippen LogP contribution in [0.2, 0.25) is 0 Å². The number of nitrogens with one attached hydrogen (secondary N) is 2. The molecule has 0 aromatic carbocycles. The summed E-state index contributed by atoms with van der Waals surface area (Å²) in [6.45, 7) is 6.26. The number of hydrogen-bond donors (Lipinski definition) is 2. The number of carbonyl (C=O) groups is 1. The number of carbonyl (C=O) groups excluding carboxylic acids is 1. The molecule has 1 aromatic rings. The van der Waals surface area contributed by atoms with Crippen molar-refractivity contribution in [3.63, 3.8) is 0 Å². The molecule has 0 aliphatic rings. The topological polar surface area (TPSA) is 54.0 Å². The first-order valence-electron chi connectivity index (χ1n) is 4.93. The Bertz CT molecular complexity index is 316. The number of urea groups is 1. The standard InChI is InChI=1S/C11H17N3O/c1-11(2,3)14-10(15)13-8-9-6-4-5-7-12-9/h4-7H,8H2,1-3H3,(H2,13,14,15). The van der Waals surface area contributed by atoms with Gasteiger partial charge in [0.05, 0.1) is 12.2 Å². The predicted octanol–water partition coefficient (Wildman–Crippen LogP) is 1.68. The second-order valence-electron chi connectivity index (χ2n) is 4.38. The van der Waals surface area contributed by atoms with Crippen LogP contribution in [0.4, 0.5) is 4.79 Å². The normalized spacial score (nSPS) is 10.9. The molecule has 0 aliphatic heterocycles. The molecule has 0 saturated carbocycles. The van der Waals surface area contributed by atoms with Gasteiger partial charge >= 0.3 is 6.03 Å². The molecule has 0 radical (unpaired) electrons. The second kappa shape index (κ2) is 4.77. The Labute approximate surface area is 90.1 Å². The van der Waals surface area contributed by atoms with Gasteiger partial charge in [-0.3, -0.25) is 4.98 Å². The monoisotopic (exact) mass is 207 g/mol. The Balaban J connectivity index is 2.35. The highest BCUT2D eigenvalue weighted by Crippen LogP contribution is 1.98. The third-order valence-electron chi connectivity index (χ3n) is 1.64. The van der Waals surface area contributed by atoms with Crippen LogP contribution in [-0.2, 0) is 6.54 Å². The van der Waals surface area contributed by atoms with Gasteiger partial charge in [-0.2, -0.15) is 0 Å². The van der Waals surface area contributed by atoms with Crippen LogP contribution in [0.15, 0.2) is 24.4 Å². The summed E-state index contributed by atoms with van der Waals surface area (Å²) in [5.41, 5.74) is 0.635. The zero-order valence-corrected chi connectivity index (χ0v) is 9.37. The summed E-state index contributed by atoms with van der Waals surface area (Å²) in [6, 6.07) is 5.44. The Morgan fingerprint density at radius 2 is 2.13 bits per heavy atom. The largest absolute Gasteiger partial charge is 0.334 e. The lowest BCUT2D eigenvalue weighted by Crippen LogP contribution is -2.46. The maximum atomic E-state index is 11.4. The molecule has 0 fully saturated rings. The van der Waals surface area contributed by atoms with Crippen molar-refractivity contribution in [2.45, 2.75) is 32.9 Å². The van der Waals surface area contributed by atoms with Crippen LogP contribution in [0, 0.1) is 0 Å². The maximum Gasteiger partial charge on any atom is 0.315 e. The Morgan fingerprint density at radius 3 is 2.67 bits per heavy atom. The minimum absolute atomic E-state index is 0.173. The van der Waals surface area contributed by atoms with Crippen molar-refractivity contribution in [2.75, 3.05) is 0 Å². The van der Waals surface area contributed by atoms with Crippen LogP contribution in [0.5, 0.6) is 0 Å². The highest BCUT2D eigenvalue weighted by atomic mass is 16.2. The molecule has 4 heteroatoms. The van der Waals surface area contributed by atoms with Gasteiger partial charge in [0, 0.05) is 11.7 Å². The number of amides is 2. The van der Waals surface area contributed by atoms with E-state index in [2.05, 4.69) is 15.6 Å². The van der Waals surface area contributed by atoms with Gasteiger partial charge in [-0.25, -0.2) is 4.79 Å². The molecule has 2 N–H and O–H groups in total. The number of nitrogens with zero attached hydrogens (tertiary/aromatic N) is 1. The molecule has 0 spiro atoms. The van der Waals surface area contributed by atoms with Gasteiger partial charge in [0.1, 0.15) is 0 Å². The Hall–Kier alpha value is -1.58. The molecule has 0 aliphatic carbocycles. The van der Waals surface area contributed by atoms with Crippen molar-refractivity contribution in [1.29, 1.82) is 0 Å². The molecule has 2 amide bonds. The van der Waals surface area contributed by atoms with E-state index in [9.17, 15) is 4.79 Å². The van der Waals surface area contributed by atoms with Crippen LogP contribution in [0.3, 0.4) is 0 Å². The molecule has 0 unspecified atom stereocenters. The van der Waals surface area contributed by atoms with Gasteiger partial charge in [-0.1, -0.05) is 6.07 Å². The molecule has 15 heavy (non-hydrogen) atoms. The fourth-order valence-electron chi connectivity index (χ4n) is 1.06. The SMILES string of the molecule is CC(C)(C)NC(=O)NCc1ccccn1. The lowest BCUT2D eigenvalue weighted by molar-refractivity contribution is 0.231. The summed E-state index contributed by atoms with van der Waals surface area (Å²) in [4.78, 5) is 15.5. The summed E-state index contributed by atoms with van der Waals surface area (Å²) < 4.78 is 0. The molecule has 1 aromatic heterocycles. The van der Waals surface area contributed by atoms with Gasteiger partial charge in [-0.15, -0.1) is 0 Å². The van der Waals surface area contributed by atoms with E-state index in [1.165, 1.54) is 0 Å². The molecular formula is C11H17N3O. The first-order chi connectivity index (χ1) is 6.97. The summed E-state index contributed by atoms with van der Waals surface area (Å²) in [5, 5.41) is 5.55. The summed E-state index contributed by atoms with van der Waals surface area (Å²) in [6.07, 6.45) is 1.71. The van der Waals surface area contributed by atoms with Crippen molar-refractivity contribution in [2.24, 2.45) is 0 Å². The molecule has 0 atom stereocenters. The lowest BCUT2D eigenvalue weighted by Gasteiger charge is -2.20. The average Bonchev–Trinajstić information content (AvgIpc) is 2.14. The van der Waals surface area contributed by atoms with E-state index in [1.807, 2.05) is 39.0 Å². The van der Waals surface area contributed by atoms with E-state index < -0.39 is 0 Å². The molecule has 1 heterocycles. The van der Waals surface area contributed by atoms with Crippen LogP contribution in [0.1, 0.15) is 26.5 Å². The van der Waals surface area contributed by atoms with Gasteiger partial charge in [0.25, 0.3) is 0 Å². The second-order valence-corrected chi connectivity index (χ2v) is 4.38. The summed E-state index contributed by atoms with van der Waals surface area (Å²) in [7, 11) is 0. The van der Waals surface area contributed by atoms with Crippen molar-refractivity contribution >= 4 is 6.03 Å². The first-order valence-corrected chi connectivity index (χ1v) is 4.93. The van der Waals surface area contributed by atoms with E-state index in [-0.39, 0.29) is 11.6 Å². The van der Waals surface area contributed by atoms with E-state index in [1.54, 1.807) is 6.20 Å². The number of aromatic nitrogens is 1. The highest BCUT2D eigenvalue weighted by Gasteiger charge is 2.12. The van der Waals surface area contributed by atoms with E-state index in [0.29, 0.717) is 6.54 Å². The number of rotatable bonds is 2. The quantitative estimate of drug-likeness (QED) is 0.775. The zero-order chi connectivity index (χ0) is 11.3. The summed E-state index contributed by atoms with van der Waals surface area (Å²) >= 11 is 0. The third-order valence-corrected chi connectivity index (χ3v) is 1.64. The molecular weight excluding hydrogens is 190 g/mol. The van der Waals surface area contributed by atoms with Gasteiger partial charge < -0.3 is 10.6 Å². The fourth-order valence-corrected chi connectivity index (χ4v) is 1.06. The van der Waals surface area contributed by atoms with Crippen molar-refractivity contribution in [3.8, 4) is 0 Å². The molecule has 82 valence electrons. The smallest absolute Gasteiger partial charge is 0.315 e. The minimum atomic E-state index is -0.214. The van der Waals surface area contributed by atoms with Crippen LogP contribution in [0.25, 0.3) is 0 Å². The number of hydrogen-bond acceptors (Lipinski definition) is 2. The summed E-state index contributed by atoms with van der Waals surface area (Å²) in [5.74, 6) is 0. The van der Waals surface area contributed by atoms with Crippen molar-refractivity contribution < 1.29 is 4.79 Å². The van der Waals surface area contributed by atoms with Crippen LogP contribution >= 0.6 is 0 Å². The van der Waals surface area contributed by atoms with Crippen molar-refractivity contribution in [3.05, 3.63) is 30.1 Å². The Kier molecular flexibility index (Phi) is 3.66. The van der Waals surface area contributed by atoms with E-state index in [0.717, 1.165) is 5.69 Å². The minimum Gasteiger partial charge on any atom is -0.334 e. The molecule has 0 saturated heterocycles. The highest BCUT2D eigenvalue weighted by molar-refractivity contribution is 5.74. The zero-order valence-electron chi connectivity index (χ0n) is 9.37. The predicted molar refractivity (Wildman–Crippen MR) is 59.4 cm³/mol. The van der Waals surface area contributed by atoms with E-state index in [4.69, 9.17) is 0 Å². The first kappa shape index (κ1) is 11.5. The molecule has 4 nitrogen and oxygen atoms in total. The van der Waals surface area contributed by atoms with Gasteiger partial charge in [-0.05, 0) is 32.9 Å². The van der Waals surface area contributed by atoms with Gasteiger partial charge in [0.15, 0.2) is 0 Å². The lowest BCUT2D eigenvalue weighted by atomic mass is 10.1. The van der Waals surface area contributed by atoms with Crippen LogP contribution in [-0.4, -0.2) is 16.6 Å². The maximum absolute atomic E-state index is 11.4. The van der Waals surface area contributed by atoms with Gasteiger partial charge in [0.2, 0.25) is 0 Å². The third kappa shape index (κ3) is 5.00. The van der Waals surface area contributed by atoms with E-state index >= 15 is 0 Å². The average molecular weight is 207 g/mol. The molecule has 0 bridgehead atoms. The Morgan fingerprint density at radius 1 is 1.40 bits per heavy atom. The number of pyridine rings is 1.